The Morgan fingerprint density at radius 2 is 2.18 bits per heavy atom. The maximum absolute atomic E-state index is 12.6. The van der Waals surface area contributed by atoms with Crippen LogP contribution in [0.25, 0.3) is 11.1 Å². The lowest BCUT2D eigenvalue weighted by Crippen LogP contribution is -2.27. The highest BCUT2D eigenvalue weighted by atomic mass is 32.2. The number of aromatic nitrogens is 4. The van der Waals surface area contributed by atoms with Gasteiger partial charge in [0, 0.05) is 13.5 Å². The van der Waals surface area contributed by atoms with E-state index in [9.17, 15) is 8.42 Å². The third-order valence-corrected chi connectivity index (χ3v) is 5.05. The van der Waals surface area contributed by atoms with Crippen molar-refractivity contribution in [3.63, 3.8) is 0 Å². The van der Waals surface area contributed by atoms with E-state index < -0.39 is 10.0 Å². The molecule has 2 aromatic heterocycles. The molecule has 0 aliphatic carbocycles. The number of nitrogens with one attached hydrogen (secondary N) is 1. The summed E-state index contributed by atoms with van der Waals surface area (Å²) in [6.45, 7) is 2.03. The second kappa shape index (κ2) is 5.50. The van der Waals surface area contributed by atoms with E-state index in [1.807, 2.05) is 6.92 Å². The van der Waals surface area contributed by atoms with Crippen molar-refractivity contribution in [3.05, 3.63) is 36.2 Å². The Morgan fingerprint density at radius 3 is 2.86 bits per heavy atom. The Balaban J connectivity index is 1.93. The topological polar surface area (TPSA) is 105 Å². The molecule has 0 aliphatic heterocycles. The average Bonchev–Trinajstić information content (AvgIpc) is 3.14. The normalized spacial score (nSPS) is 12.3. The summed E-state index contributed by atoms with van der Waals surface area (Å²) in [6.07, 6.45) is 1.99. The number of aryl methyl sites for hydroxylation is 1. The molecule has 116 valence electrons. The molecule has 8 nitrogen and oxygen atoms in total. The van der Waals surface area contributed by atoms with Gasteiger partial charge in [-0.1, -0.05) is 6.92 Å². The fourth-order valence-corrected chi connectivity index (χ4v) is 3.20. The molecule has 9 heteroatoms. The van der Waals surface area contributed by atoms with Gasteiger partial charge in [-0.05, 0) is 18.2 Å². The first kappa shape index (κ1) is 14.7. The third-order valence-electron chi connectivity index (χ3n) is 3.25. The van der Waals surface area contributed by atoms with E-state index in [2.05, 4.69) is 20.2 Å². The van der Waals surface area contributed by atoms with Crippen molar-refractivity contribution < 1.29 is 12.8 Å². The summed E-state index contributed by atoms with van der Waals surface area (Å²) in [5.74, 6) is 1.06. The maximum atomic E-state index is 12.6. The molecule has 1 aromatic carbocycles. The number of rotatable bonds is 5. The molecule has 0 saturated carbocycles. The molecule has 0 spiro atoms. The van der Waals surface area contributed by atoms with Gasteiger partial charge in [-0.15, -0.1) is 0 Å². The lowest BCUT2D eigenvalue weighted by atomic mass is 10.3. The number of hydrogen-bond donors (Lipinski definition) is 1. The highest BCUT2D eigenvalue weighted by molar-refractivity contribution is 7.89. The zero-order valence-electron chi connectivity index (χ0n) is 12.1. The first-order valence-corrected chi connectivity index (χ1v) is 8.14. The van der Waals surface area contributed by atoms with Crippen molar-refractivity contribution in [2.24, 2.45) is 0 Å². The number of sulfonamides is 1. The van der Waals surface area contributed by atoms with Gasteiger partial charge in [0.15, 0.2) is 11.5 Å². The molecule has 0 unspecified atom stereocenters. The monoisotopic (exact) mass is 321 g/mol. The zero-order valence-corrected chi connectivity index (χ0v) is 13.0. The van der Waals surface area contributed by atoms with E-state index in [0.29, 0.717) is 29.2 Å². The summed E-state index contributed by atoms with van der Waals surface area (Å²) < 4.78 is 31.9. The van der Waals surface area contributed by atoms with Crippen molar-refractivity contribution in [3.8, 4) is 0 Å². The zero-order chi connectivity index (χ0) is 15.7. The Labute approximate surface area is 127 Å². The number of benzene rings is 1. The molecule has 0 saturated heterocycles. The van der Waals surface area contributed by atoms with Crippen molar-refractivity contribution in [2.45, 2.75) is 24.8 Å². The molecule has 2 heterocycles. The minimum Gasteiger partial charge on any atom is -0.441 e. The molecule has 0 bridgehead atoms. The van der Waals surface area contributed by atoms with E-state index in [-0.39, 0.29) is 11.4 Å². The number of nitrogens with zero attached hydrogens (tertiary/aromatic N) is 4. The number of hydrogen-bond acceptors (Lipinski definition) is 6. The van der Waals surface area contributed by atoms with Gasteiger partial charge < -0.3 is 4.42 Å². The number of aromatic amines is 1. The molecule has 0 radical (unpaired) electrons. The highest BCUT2D eigenvalue weighted by Gasteiger charge is 2.23. The fourth-order valence-electron chi connectivity index (χ4n) is 2.05. The number of fused-ring (bicyclic) bond motifs is 1. The second-order valence-electron chi connectivity index (χ2n) is 4.78. The molecule has 0 amide bonds. The standard InChI is InChI=1S/C13H15N5O3S/c1-3-13-16-10-6-9(4-5-11(10)21-13)22(19,20)18(2)7-12-14-8-15-17-12/h4-6,8H,3,7H2,1-2H3,(H,14,15,17). The molecular weight excluding hydrogens is 306 g/mol. The van der Waals surface area contributed by atoms with Crippen molar-refractivity contribution in [2.75, 3.05) is 7.05 Å². The molecule has 3 aromatic rings. The smallest absolute Gasteiger partial charge is 0.243 e. The molecule has 0 aliphatic rings. The van der Waals surface area contributed by atoms with Crippen molar-refractivity contribution >= 4 is 21.1 Å². The molecule has 0 fully saturated rings. The minimum absolute atomic E-state index is 0.111. The predicted octanol–water partition coefficient (Wildman–Crippen LogP) is 1.33. The molecule has 1 N–H and O–H groups in total. The lowest BCUT2D eigenvalue weighted by molar-refractivity contribution is 0.457. The Morgan fingerprint density at radius 1 is 1.36 bits per heavy atom. The van der Waals surface area contributed by atoms with Crippen LogP contribution in [0.4, 0.5) is 0 Å². The van der Waals surface area contributed by atoms with Crippen LogP contribution in [-0.2, 0) is 23.0 Å². The molecule has 3 rings (SSSR count). The summed E-state index contributed by atoms with van der Waals surface area (Å²) in [5, 5.41) is 6.34. The van der Waals surface area contributed by atoms with Crippen LogP contribution in [0.2, 0.25) is 0 Å². The molecular formula is C13H15N5O3S. The molecule has 0 atom stereocenters. The van der Waals surface area contributed by atoms with E-state index >= 15 is 0 Å². The van der Waals surface area contributed by atoms with Gasteiger partial charge in [0.2, 0.25) is 10.0 Å². The van der Waals surface area contributed by atoms with Gasteiger partial charge in [-0.25, -0.2) is 18.4 Å². The lowest BCUT2D eigenvalue weighted by Gasteiger charge is -2.15. The van der Waals surface area contributed by atoms with E-state index in [0.717, 1.165) is 0 Å². The Hall–Kier alpha value is -2.26. The number of oxazole rings is 1. The van der Waals surface area contributed by atoms with Crippen molar-refractivity contribution in [1.82, 2.24) is 24.5 Å². The Kier molecular flexibility index (Phi) is 3.67. The third kappa shape index (κ3) is 2.60. The van der Waals surface area contributed by atoms with Gasteiger partial charge in [-0.2, -0.15) is 9.40 Å². The highest BCUT2D eigenvalue weighted by Crippen LogP contribution is 2.22. The second-order valence-corrected chi connectivity index (χ2v) is 6.83. The minimum atomic E-state index is -3.64. The van der Waals surface area contributed by atoms with Gasteiger partial charge in [0.1, 0.15) is 17.7 Å². The summed E-state index contributed by atoms with van der Waals surface area (Å²) in [4.78, 5) is 8.35. The van der Waals surface area contributed by atoms with Gasteiger partial charge in [-0.3, -0.25) is 5.10 Å². The van der Waals surface area contributed by atoms with E-state index in [1.54, 1.807) is 6.07 Å². The van der Waals surface area contributed by atoms with E-state index in [4.69, 9.17) is 4.42 Å². The van der Waals surface area contributed by atoms with Crippen LogP contribution in [0.1, 0.15) is 18.6 Å². The van der Waals surface area contributed by atoms with Crippen LogP contribution in [-0.4, -0.2) is 39.9 Å². The first-order valence-electron chi connectivity index (χ1n) is 6.70. The van der Waals surface area contributed by atoms with Crippen LogP contribution in [0.15, 0.2) is 33.8 Å². The van der Waals surface area contributed by atoms with E-state index in [1.165, 1.54) is 29.8 Å². The first-order chi connectivity index (χ1) is 10.5. The maximum Gasteiger partial charge on any atom is 0.243 e. The van der Waals surface area contributed by atoms with Gasteiger partial charge in [0.05, 0.1) is 11.4 Å². The van der Waals surface area contributed by atoms with Gasteiger partial charge >= 0.3 is 0 Å². The van der Waals surface area contributed by atoms with Crippen molar-refractivity contribution in [1.29, 1.82) is 0 Å². The van der Waals surface area contributed by atoms with Gasteiger partial charge in [0.25, 0.3) is 0 Å². The fraction of sp³-hybridized carbons (Fsp3) is 0.308. The number of H-pyrrole nitrogens is 1. The SMILES string of the molecule is CCc1nc2cc(S(=O)(=O)N(C)Cc3ncn[nH]3)ccc2o1. The summed E-state index contributed by atoms with van der Waals surface area (Å²) in [6, 6.07) is 4.65. The Bertz CT molecular complexity index is 886. The summed E-state index contributed by atoms with van der Waals surface area (Å²) >= 11 is 0. The van der Waals surface area contributed by atoms with Crippen LogP contribution in [0.3, 0.4) is 0 Å². The summed E-state index contributed by atoms with van der Waals surface area (Å²) in [7, 11) is -2.15. The largest absolute Gasteiger partial charge is 0.441 e. The quantitative estimate of drug-likeness (QED) is 0.760. The summed E-state index contributed by atoms with van der Waals surface area (Å²) in [5.41, 5.74) is 1.11. The van der Waals surface area contributed by atoms with Crippen LogP contribution in [0.5, 0.6) is 0 Å². The van der Waals surface area contributed by atoms with Crippen LogP contribution in [0, 0.1) is 0 Å². The average molecular weight is 321 g/mol. The van der Waals surface area contributed by atoms with Crippen LogP contribution >= 0.6 is 0 Å². The predicted molar refractivity (Wildman–Crippen MR) is 78.4 cm³/mol. The molecule has 22 heavy (non-hydrogen) atoms. The van der Waals surface area contributed by atoms with Crippen LogP contribution < -0.4 is 0 Å².